The largest absolute Gasteiger partial charge is 0.390 e. The topological polar surface area (TPSA) is 173 Å². The summed E-state index contributed by atoms with van der Waals surface area (Å²) in [5.74, 6) is -8.91. The third kappa shape index (κ3) is 7.80. The predicted octanol–water partition coefficient (Wildman–Crippen LogP) is 1.94. The molecule has 2 aromatic carbocycles. The van der Waals surface area contributed by atoms with E-state index in [0.717, 1.165) is 26.0 Å². The summed E-state index contributed by atoms with van der Waals surface area (Å²) in [5.41, 5.74) is -1.36. The van der Waals surface area contributed by atoms with E-state index < -0.39 is 60.6 Å². The second kappa shape index (κ2) is 12.5. The van der Waals surface area contributed by atoms with Gasteiger partial charge in [0.2, 0.25) is 0 Å². The minimum Gasteiger partial charge on any atom is -0.390 e. The molecule has 0 aliphatic rings. The van der Waals surface area contributed by atoms with Gasteiger partial charge in [0, 0.05) is 13.8 Å². The minimum atomic E-state index is -1.24. The Bertz CT molecular complexity index is 1160. The molecule has 0 aliphatic heterocycles. The standard InChI is InChI=1S/C24H18O12/c1-13(25)33-21(29)15-7-3-5-9-17(15)23(31)35-19(27)11-12-20(28)36-24(32)18-10-6-4-8-16(18)22(30)34-14(2)26/h3-10H,11-12H2,1-2H3. The van der Waals surface area contributed by atoms with Crippen LogP contribution in [-0.2, 0) is 38.1 Å². The number of esters is 8. The number of ether oxygens (including phenoxy) is 4. The van der Waals surface area contributed by atoms with Crippen molar-refractivity contribution < 1.29 is 57.3 Å². The smallest absolute Gasteiger partial charge is 0.346 e. The highest BCUT2D eigenvalue weighted by Crippen LogP contribution is 2.15. The molecule has 0 atom stereocenters. The molecule has 2 rings (SSSR count). The Kier molecular flexibility index (Phi) is 9.43. The SMILES string of the molecule is CC(=O)OC(=O)c1ccccc1C(=O)OC(=O)CCC(=O)OC(=O)c1ccccc1C(=O)OC(C)=O. The van der Waals surface area contributed by atoms with Gasteiger partial charge in [0.1, 0.15) is 0 Å². The third-order valence-electron chi connectivity index (χ3n) is 4.15. The molecule has 186 valence electrons. The van der Waals surface area contributed by atoms with E-state index in [0.29, 0.717) is 0 Å². The van der Waals surface area contributed by atoms with Gasteiger partial charge < -0.3 is 18.9 Å². The average molecular weight is 498 g/mol. The molecule has 0 aliphatic carbocycles. The molecule has 0 fully saturated rings. The fourth-order valence-corrected chi connectivity index (χ4v) is 2.67. The fourth-order valence-electron chi connectivity index (χ4n) is 2.67. The summed E-state index contributed by atoms with van der Waals surface area (Å²) in [5, 5.41) is 0. The summed E-state index contributed by atoms with van der Waals surface area (Å²) in [6.45, 7) is 1.98. The number of benzene rings is 2. The van der Waals surface area contributed by atoms with Crippen molar-refractivity contribution in [2.24, 2.45) is 0 Å². The monoisotopic (exact) mass is 498 g/mol. The Labute approximate surface area is 203 Å². The van der Waals surface area contributed by atoms with Crippen molar-refractivity contribution in [3.8, 4) is 0 Å². The fraction of sp³-hybridized carbons (Fsp3) is 0.167. The van der Waals surface area contributed by atoms with E-state index in [9.17, 15) is 38.4 Å². The molecule has 12 nitrogen and oxygen atoms in total. The number of hydrogen-bond acceptors (Lipinski definition) is 12. The Morgan fingerprint density at radius 3 is 0.972 bits per heavy atom. The van der Waals surface area contributed by atoms with Crippen LogP contribution in [0.5, 0.6) is 0 Å². The van der Waals surface area contributed by atoms with Crippen LogP contribution in [0.25, 0.3) is 0 Å². The highest BCUT2D eigenvalue weighted by Gasteiger charge is 2.25. The van der Waals surface area contributed by atoms with Crippen LogP contribution in [0.2, 0.25) is 0 Å². The van der Waals surface area contributed by atoms with Gasteiger partial charge in [-0.15, -0.1) is 0 Å². The van der Waals surface area contributed by atoms with Crippen molar-refractivity contribution >= 4 is 47.8 Å². The molecule has 0 saturated carbocycles. The Hall–Kier alpha value is -5.00. The Morgan fingerprint density at radius 2 is 0.722 bits per heavy atom. The van der Waals surface area contributed by atoms with E-state index in [1.54, 1.807) is 0 Å². The van der Waals surface area contributed by atoms with Crippen LogP contribution < -0.4 is 0 Å². The maximum atomic E-state index is 12.3. The van der Waals surface area contributed by atoms with E-state index in [1.807, 2.05) is 0 Å². The van der Waals surface area contributed by atoms with Gasteiger partial charge in [-0.2, -0.15) is 0 Å². The summed E-state index contributed by atoms with van der Waals surface area (Å²) < 4.78 is 18.0. The van der Waals surface area contributed by atoms with Gasteiger partial charge in [0.25, 0.3) is 0 Å². The molecule has 0 heterocycles. The summed E-state index contributed by atoms with van der Waals surface area (Å²) in [7, 11) is 0. The van der Waals surface area contributed by atoms with Gasteiger partial charge in [-0.3, -0.25) is 19.2 Å². The zero-order valence-electron chi connectivity index (χ0n) is 18.9. The van der Waals surface area contributed by atoms with Crippen LogP contribution in [0.15, 0.2) is 48.5 Å². The van der Waals surface area contributed by atoms with E-state index in [2.05, 4.69) is 18.9 Å². The van der Waals surface area contributed by atoms with Gasteiger partial charge in [0.15, 0.2) is 0 Å². The molecule has 0 amide bonds. The third-order valence-corrected chi connectivity index (χ3v) is 4.15. The second-order valence-corrected chi connectivity index (χ2v) is 6.88. The van der Waals surface area contributed by atoms with Crippen LogP contribution in [0.4, 0.5) is 0 Å². The predicted molar refractivity (Wildman–Crippen MR) is 115 cm³/mol. The first-order chi connectivity index (χ1) is 17.0. The van der Waals surface area contributed by atoms with E-state index in [4.69, 9.17) is 0 Å². The van der Waals surface area contributed by atoms with Crippen molar-refractivity contribution in [1.82, 2.24) is 0 Å². The lowest BCUT2D eigenvalue weighted by Gasteiger charge is -2.08. The van der Waals surface area contributed by atoms with Crippen molar-refractivity contribution in [3.63, 3.8) is 0 Å². The van der Waals surface area contributed by atoms with Gasteiger partial charge in [-0.1, -0.05) is 24.3 Å². The van der Waals surface area contributed by atoms with Crippen LogP contribution in [0, 0.1) is 0 Å². The molecule has 0 saturated heterocycles. The van der Waals surface area contributed by atoms with Crippen LogP contribution in [0.1, 0.15) is 68.1 Å². The van der Waals surface area contributed by atoms with Crippen molar-refractivity contribution in [2.75, 3.05) is 0 Å². The maximum Gasteiger partial charge on any atom is 0.346 e. The molecule has 0 radical (unpaired) electrons. The molecule has 12 heteroatoms. The number of carbonyl (C=O) groups excluding carboxylic acids is 8. The van der Waals surface area contributed by atoms with E-state index in [1.165, 1.54) is 36.4 Å². The zero-order valence-corrected chi connectivity index (χ0v) is 18.9. The first-order valence-corrected chi connectivity index (χ1v) is 10.1. The van der Waals surface area contributed by atoms with Gasteiger partial charge in [-0.25, -0.2) is 19.2 Å². The number of hydrogen-bond donors (Lipinski definition) is 0. The Morgan fingerprint density at radius 1 is 0.472 bits per heavy atom. The van der Waals surface area contributed by atoms with Crippen molar-refractivity contribution in [3.05, 3.63) is 70.8 Å². The molecule has 0 bridgehead atoms. The molecule has 0 aromatic heterocycles. The maximum absolute atomic E-state index is 12.3. The number of carbonyl (C=O) groups is 8. The summed E-state index contributed by atoms with van der Waals surface area (Å²) in [6.07, 6.45) is -1.35. The normalized spacial score (nSPS) is 9.94. The lowest BCUT2D eigenvalue weighted by atomic mass is 10.1. The van der Waals surface area contributed by atoms with Gasteiger partial charge in [0.05, 0.1) is 35.1 Å². The first-order valence-electron chi connectivity index (χ1n) is 10.1. The summed E-state index contributed by atoms with van der Waals surface area (Å²) in [4.78, 5) is 94.4. The van der Waals surface area contributed by atoms with E-state index in [-0.39, 0.29) is 22.3 Å². The number of rotatable bonds is 7. The quantitative estimate of drug-likeness (QED) is 0.309. The van der Waals surface area contributed by atoms with Crippen LogP contribution >= 0.6 is 0 Å². The van der Waals surface area contributed by atoms with Crippen molar-refractivity contribution in [1.29, 1.82) is 0 Å². The molecule has 36 heavy (non-hydrogen) atoms. The Balaban J connectivity index is 1.96. The average Bonchev–Trinajstić information content (AvgIpc) is 2.81. The molecular formula is C24H18O12. The molecule has 2 aromatic rings. The summed E-state index contributed by atoms with van der Waals surface area (Å²) >= 11 is 0. The minimum absolute atomic E-state index is 0.322. The van der Waals surface area contributed by atoms with Crippen LogP contribution in [0.3, 0.4) is 0 Å². The lowest BCUT2D eigenvalue weighted by molar-refractivity contribution is -0.144. The van der Waals surface area contributed by atoms with Crippen LogP contribution in [-0.4, -0.2) is 47.8 Å². The first kappa shape index (κ1) is 27.2. The molecule has 0 unspecified atom stereocenters. The lowest BCUT2D eigenvalue weighted by Crippen LogP contribution is -2.20. The van der Waals surface area contributed by atoms with Gasteiger partial charge >= 0.3 is 47.8 Å². The van der Waals surface area contributed by atoms with Gasteiger partial charge in [-0.05, 0) is 24.3 Å². The molecular weight excluding hydrogens is 480 g/mol. The second-order valence-electron chi connectivity index (χ2n) is 6.88. The highest BCUT2D eigenvalue weighted by molar-refractivity contribution is 6.09. The van der Waals surface area contributed by atoms with Crippen molar-refractivity contribution in [2.45, 2.75) is 26.7 Å². The zero-order chi connectivity index (χ0) is 26.8. The molecule has 0 N–H and O–H groups in total. The molecule has 0 spiro atoms. The summed E-state index contributed by atoms with van der Waals surface area (Å²) in [6, 6.07) is 10.2. The van der Waals surface area contributed by atoms with E-state index >= 15 is 0 Å². The highest BCUT2D eigenvalue weighted by atomic mass is 16.6.